The fraction of sp³-hybridized carbons (Fsp3) is 0.417. The molecule has 0 fully saturated rings. The summed E-state index contributed by atoms with van der Waals surface area (Å²) in [6.07, 6.45) is 2.14. The normalized spacial score (nSPS) is 10.7. The topological polar surface area (TPSA) is 66.8 Å². The summed E-state index contributed by atoms with van der Waals surface area (Å²) in [5, 5.41) is 0. The Labute approximate surface area is 178 Å². The van der Waals surface area contributed by atoms with Crippen molar-refractivity contribution < 1.29 is 23.8 Å². The minimum atomic E-state index is -1.51. The summed E-state index contributed by atoms with van der Waals surface area (Å²) < 4.78 is 17.5. The molecule has 2 rings (SSSR count). The third kappa shape index (κ3) is 4.51. The van der Waals surface area contributed by atoms with Crippen LogP contribution in [0.5, 0.6) is 5.75 Å². The molecule has 160 valence electrons. The maximum Gasteiger partial charge on any atom is 0.324 e. The fourth-order valence-corrected chi connectivity index (χ4v) is 3.58. The summed E-state index contributed by atoms with van der Waals surface area (Å²) in [6, 6.07) is 7.83. The van der Waals surface area contributed by atoms with Crippen LogP contribution in [0.3, 0.4) is 0 Å². The smallest absolute Gasteiger partial charge is 0.324 e. The van der Waals surface area contributed by atoms with E-state index in [-0.39, 0.29) is 12.8 Å². The van der Waals surface area contributed by atoms with Crippen molar-refractivity contribution in [2.75, 3.05) is 21.3 Å². The van der Waals surface area contributed by atoms with Crippen LogP contribution >= 0.6 is 0 Å². The van der Waals surface area contributed by atoms with E-state index in [0.717, 1.165) is 28.1 Å². The molecule has 0 bridgehead atoms. The average molecular weight is 411 g/mol. The molecule has 6 heteroatoms. The first-order valence-electron chi connectivity index (χ1n) is 9.68. The number of carbonyl (C=O) groups excluding carboxylic acids is 2. The van der Waals surface area contributed by atoms with E-state index in [2.05, 4.69) is 16.4 Å². The number of hydrogen-bond donors (Lipinski definition) is 0. The second kappa shape index (κ2) is 10.0. The number of aromatic nitrogens is 1. The molecule has 2 aromatic rings. The van der Waals surface area contributed by atoms with Gasteiger partial charge in [0.25, 0.3) is 0 Å². The zero-order valence-electron chi connectivity index (χ0n) is 18.5. The van der Waals surface area contributed by atoms with Crippen molar-refractivity contribution in [3.63, 3.8) is 0 Å². The summed E-state index contributed by atoms with van der Waals surface area (Å²) in [7, 11) is 4.18. The zero-order valence-corrected chi connectivity index (χ0v) is 18.5. The molecule has 0 aliphatic heterocycles. The van der Waals surface area contributed by atoms with Crippen molar-refractivity contribution in [3.8, 4) is 17.6 Å². The number of nitrogens with zero attached hydrogens (tertiary/aromatic N) is 1. The van der Waals surface area contributed by atoms with E-state index in [0.29, 0.717) is 6.54 Å². The number of rotatable bonds is 8. The maximum atomic E-state index is 12.7. The summed E-state index contributed by atoms with van der Waals surface area (Å²) >= 11 is 0. The van der Waals surface area contributed by atoms with Crippen molar-refractivity contribution in [3.05, 3.63) is 52.8 Å². The van der Waals surface area contributed by atoms with Gasteiger partial charge in [-0.1, -0.05) is 18.2 Å². The van der Waals surface area contributed by atoms with E-state index in [1.54, 1.807) is 14.0 Å². The molecule has 1 heterocycles. The SMILES string of the molecule is CC#CCC(Cc1cn(Cc2ccccc2OC)c(C)c1C)(C(=O)OC)C(=O)OC. The predicted molar refractivity (Wildman–Crippen MR) is 114 cm³/mol. The Bertz CT molecular complexity index is 961. The fourth-order valence-electron chi connectivity index (χ4n) is 3.58. The van der Waals surface area contributed by atoms with Crippen molar-refractivity contribution >= 4 is 11.9 Å². The van der Waals surface area contributed by atoms with Crippen LogP contribution in [0.15, 0.2) is 30.5 Å². The zero-order chi connectivity index (χ0) is 22.3. The molecule has 6 nitrogen and oxygen atoms in total. The van der Waals surface area contributed by atoms with Gasteiger partial charge in [0.2, 0.25) is 0 Å². The predicted octanol–water partition coefficient (Wildman–Crippen LogP) is 3.45. The van der Waals surface area contributed by atoms with Crippen LogP contribution in [0, 0.1) is 31.1 Å². The van der Waals surface area contributed by atoms with Crippen molar-refractivity contribution in [2.45, 2.75) is 40.2 Å². The second-order valence-electron chi connectivity index (χ2n) is 7.15. The van der Waals surface area contributed by atoms with Gasteiger partial charge in [0.15, 0.2) is 5.41 Å². The summed E-state index contributed by atoms with van der Waals surface area (Å²) in [5.74, 6) is 5.13. The minimum Gasteiger partial charge on any atom is -0.496 e. The first kappa shape index (κ1) is 23.1. The van der Waals surface area contributed by atoms with Gasteiger partial charge in [-0.15, -0.1) is 11.8 Å². The summed E-state index contributed by atoms with van der Waals surface area (Å²) in [4.78, 5) is 25.4. The van der Waals surface area contributed by atoms with Crippen LogP contribution in [0.25, 0.3) is 0 Å². The lowest BCUT2D eigenvalue weighted by molar-refractivity contribution is -0.168. The standard InChI is InChI=1S/C24H29NO5/c1-7-8-13-24(22(26)29-5,23(27)30-6)14-20-16-25(18(3)17(20)2)15-19-11-9-10-12-21(19)28-4/h9-12,16H,13-15H2,1-6H3. The van der Waals surface area contributed by atoms with E-state index in [1.165, 1.54) is 14.2 Å². The Morgan fingerprint density at radius 3 is 2.23 bits per heavy atom. The number of esters is 2. The average Bonchev–Trinajstić information content (AvgIpc) is 3.03. The van der Waals surface area contributed by atoms with Gasteiger partial charge >= 0.3 is 11.9 Å². The molecule has 1 aromatic heterocycles. The van der Waals surface area contributed by atoms with E-state index in [4.69, 9.17) is 14.2 Å². The highest BCUT2D eigenvalue weighted by Gasteiger charge is 2.48. The van der Waals surface area contributed by atoms with E-state index in [9.17, 15) is 9.59 Å². The molecular formula is C24H29NO5. The third-order valence-electron chi connectivity index (χ3n) is 5.51. The highest BCUT2D eigenvalue weighted by molar-refractivity contribution is 6.00. The van der Waals surface area contributed by atoms with Gasteiger partial charge in [0, 0.05) is 30.3 Å². The quantitative estimate of drug-likeness (QED) is 0.378. The molecule has 0 atom stereocenters. The van der Waals surface area contributed by atoms with Crippen LogP contribution in [0.4, 0.5) is 0 Å². The molecule has 0 saturated carbocycles. The largest absolute Gasteiger partial charge is 0.496 e. The Kier molecular flexibility index (Phi) is 7.71. The molecule has 1 aromatic carbocycles. The molecular weight excluding hydrogens is 382 g/mol. The maximum absolute atomic E-state index is 12.7. The number of methoxy groups -OCH3 is 3. The summed E-state index contributed by atoms with van der Waals surface area (Å²) in [6.45, 7) is 6.26. The number of carbonyl (C=O) groups is 2. The molecule has 0 aliphatic rings. The van der Waals surface area contributed by atoms with E-state index < -0.39 is 17.4 Å². The molecule has 0 amide bonds. The Hall–Kier alpha value is -3.20. The Balaban J connectivity index is 2.48. The molecule has 0 N–H and O–H groups in total. The Morgan fingerprint density at radius 2 is 1.67 bits per heavy atom. The molecule has 0 unspecified atom stereocenters. The molecule has 0 spiro atoms. The number of hydrogen-bond acceptors (Lipinski definition) is 5. The van der Waals surface area contributed by atoms with Gasteiger partial charge < -0.3 is 18.8 Å². The van der Waals surface area contributed by atoms with Crippen molar-refractivity contribution in [1.82, 2.24) is 4.57 Å². The lowest BCUT2D eigenvalue weighted by Crippen LogP contribution is -2.43. The summed E-state index contributed by atoms with van der Waals surface area (Å²) in [5.41, 5.74) is 2.44. The minimum absolute atomic E-state index is 0.0268. The first-order valence-corrected chi connectivity index (χ1v) is 9.68. The number of ether oxygens (including phenoxy) is 3. The molecule has 0 aliphatic carbocycles. The van der Waals surface area contributed by atoms with Crippen molar-refractivity contribution in [1.29, 1.82) is 0 Å². The van der Waals surface area contributed by atoms with Gasteiger partial charge in [-0.25, -0.2) is 0 Å². The third-order valence-corrected chi connectivity index (χ3v) is 5.51. The van der Waals surface area contributed by atoms with Gasteiger partial charge in [0.1, 0.15) is 5.75 Å². The molecule has 0 saturated heterocycles. The number of benzene rings is 1. The lowest BCUT2D eigenvalue weighted by atomic mass is 9.78. The van der Waals surface area contributed by atoms with E-state index in [1.807, 2.05) is 44.3 Å². The van der Waals surface area contributed by atoms with Gasteiger partial charge in [-0.05, 0) is 38.0 Å². The van der Waals surface area contributed by atoms with Gasteiger partial charge in [-0.2, -0.15) is 0 Å². The van der Waals surface area contributed by atoms with E-state index >= 15 is 0 Å². The van der Waals surface area contributed by atoms with Crippen LogP contribution < -0.4 is 4.74 Å². The highest BCUT2D eigenvalue weighted by Crippen LogP contribution is 2.33. The second-order valence-corrected chi connectivity index (χ2v) is 7.15. The van der Waals surface area contributed by atoms with Crippen LogP contribution in [0.1, 0.15) is 35.7 Å². The first-order chi connectivity index (χ1) is 14.3. The van der Waals surface area contributed by atoms with Crippen molar-refractivity contribution in [2.24, 2.45) is 5.41 Å². The van der Waals surface area contributed by atoms with Crippen LogP contribution in [-0.2, 0) is 32.0 Å². The Morgan fingerprint density at radius 1 is 1.03 bits per heavy atom. The highest BCUT2D eigenvalue weighted by atomic mass is 16.5. The molecule has 30 heavy (non-hydrogen) atoms. The lowest BCUT2D eigenvalue weighted by Gasteiger charge is -2.26. The van der Waals surface area contributed by atoms with Gasteiger partial charge in [-0.3, -0.25) is 9.59 Å². The molecule has 0 radical (unpaired) electrons. The van der Waals surface area contributed by atoms with Crippen LogP contribution in [-0.4, -0.2) is 37.8 Å². The van der Waals surface area contributed by atoms with Gasteiger partial charge in [0.05, 0.1) is 27.9 Å². The number of para-hydroxylation sites is 1. The van der Waals surface area contributed by atoms with Crippen LogP contribution in [0.2, 0.25) is 0 Å². The monoisotopic (exact) mass is 411 g/mol.